The summed E-state index contributed by atoms with van der Waals surface area (Å²) in [4.78, 5) is 0.0631. The Morgan fingerprint density at radius 1 is 0.774 bits per heavy atom. The number of ether oxygens (including phenoxy) is 2. The average Bonchev–Trinajstić information content (AvgIpc) is 3.08. The van der Waals surface area contributed by atoms with Crippen LogP contribution in [-0.2, 0) is 26.6 Å². The van der Waals surface area contributed by atoms with E-state index in [1.54, 1.807) is 18.2 Å². The monoisotopic (exact) mass is 466 g/mol. The van der Waals surface area contributed by atoms with Gasteiger partial charge in [-0.1, -0.05) is 31.7 Å². The summed E-state index contributed by atoms with van der Waals surface area (Å²) in [6.45, 7) is 0.220. The van der Waals surface area contributed by atoms with E-state index < -0.39 is 20.0 Å². The van der Waals surface area contributed by atoms with Gasteiger partial charge in [0.25, 0.3) is 0 Å². The van der Waals surface area contributed by atoms with Crippen LogP contribution in [0.3, 0.4) is 0 Å². The Morgan fingerprint density at radius 2 is 1.39 bits per heavy atom. The fourth-order valence-corrected chi connectivity index (χ4v) is 6.12. The number of nitrogens with one attached hydrogen (secondary N) is 2. The normalized spacial score (nSPS) is 17.4. The highest BCUT2D eigenvalue weighted by atomic mass is 32.2. The number of hydrogen-bond donors (Lipinski definition) is 2. The maximum absolute atomic E-state index is 12.7. The summed E-state index contributed by atoms with van der Waals surface area (Å²) >= 11 is 0. The molecule has 0 amide bonds. The van der Waals surface area contributed by atoms with Crippen molar-refractivity contribution in [2.45, 2.75) is 60.9 Å². The lowest BCUT2D eigenvalue weighted by Gasteiger charge is -2.16. The van der Waals surface area contributed by atoms with Crippen molar-refractivity contribution in [3.63, 3.8) is 0 Å². The van der Waals surface area contributed by atoms with E-state index in [0.717, 1.165) is 44.1 Å². The Kier molecular flexibility index (Phi) is 6.52. The lowest BCUT2D eigenvalue weighted by atomic mass is 10.1. The van der Waals surface area contributed by atoms with Crippen LogP contribution in [0.2, 0.25) is 0 Å². The highest BCUT2D eigenvalue weighted by Crippen LogP contribution is 2.32. The van der Waals surface area contributed by atoms with Gasteiger partial charge in [0.1, 0.15) is 0 Å². The molecule has 31 heavy (non-hydrogen) atoms. The van der Waals surface area contributed by atoms with Crippen LogP contribution in [0.1, 0.15) is 44.1 Å². The quantitative estimate of drug-likeness (QED) is 0.607. The van der Waals surface area contributed by atoms with Crippen LogP contribution in [-0.4, -0.2) is 29.7 Å². The summed E-state index contributed by atoms with van der Waals surface area (Å²) in [5, 5.41) is 0. The third-order valence-electron chi connectivity index (χ3n) is 5.52. The molecular weight excluding hydrogens is 440 g/mol. The van der Waals surface area contributed by atoms with Crippen LogP contribution in [0.4, 0.5) is 0 Å². The molecule has 1 aliphatic heterocycles. The smallest absolute Gasteiger partial charge is 0.240 e. The second kappa shape index (κ2) is 9.15. The predicted molar refractivity (Wildman–Crippen MR) is 115 cm³/mol. The molecule has 2 N–H and O–H groups in total. The van der Waals surface area contributed by atoms with Crippen molar-refractivity contribution in [3.8, 4) is 11.5 Å². The lowest BCUT2D eigenvalue weighted by molar-refractivity contribution is 0.174. The fraction of sp³-hybridized carbons (Fsp3) is 0.429. The molecule has 168 valence electrons. The zero-order chi connectivity index (χ0) is 21.9. The first-order chi connectivity index (χ1) is 14.8. The summed E-state index contributed by atoms with van der Waals surface area (Å²) in [6, 6.07) is 10.4. The molecule has 0 radical (unpaired) electrons. The van der Waals surface area contributed by atoms with Crippen molar-refractivity contribution in [2.24, 2.45) is 0 Å². The van der Waals surface area contributed by atoms with Gasteiger partial charge in [0.2, 0.25) is 26.8 Å². The standard InChI is InChI=1S/C21H26N2O6S2/c24-30(25,22-14-16-7-12-20-21(13-16)29-15-28-20)18-8-10-19(11-9-18)31(26,27)23-17-5-3-1-2-4-6-17/h7-13,17,22-23H,1-6,14-15H2. The van der Waals surface area contributed by atoms with E-state index in [-0.39, 0.29) is 29.2 Å². The van der Waals surface area contributed by atoms with E-state index in [1.165, 1.54) is 24.3 Å². The molecule has 8 nitrogen and oxygen atoms in total. The zero-order valence-electron chi connectivity index (χ0n) is 17.0. The Labute approximate surface area is 183 Å². The summed E-state index contributed by atoms with van der Waals surface area (Å²) < 4.78 is 66.4. The maximum Gasteiger partial charge on any atom is 0.240 e. The second-order valence-corrected chi connectivity index (χ2v) is 11.3. The summed E-state index contributed by atoms with van der Waals surface area (Å²) in [6.07, 6.45) is 5.94. The highest BCUT2D eigenvalue weighted by molar-refractivity contribution is 7.90. The van der Waals surface area contributed by atoms with E-state index in [9.17, 15) is 16.8 Å². The van der Waals surface area contributed by atoms with E-state index in [4.69, 9.17) is 9.47 Å². The van der Waals surface area contributed by atoms with E-state index in [0.29, 0.717) is 11.5 Å². The largest absolute Gasteiger partial charge is 0.454 e. The topological polar surface area (TPSA) is 111 Å². The fourth-order valence-electron chi connectivity index (χ4n) is 3.80. The molecule has 1 saturated carbocycles. The Hall–Kier alpha value is -2.14. The SMILES string of the molecule is O=S(=O)(NCc1ccc2c(c1)OCO2)c1ccc(S(=O)(=O)NC2CCCCCC2)cc1. The highest BCUT2D eigenvalue weighted by Gasteiger charge is 2.22. The van der Waals surface area contributed by atoms with Crippen LogP contribution >= 0.6 is 0 Å². The third kappa shape index (κ3) is 5.38. The number of fused-ring (bicyclic) bond motifs is 1. The first-order valence-corrected chi connectivity index (χ1v) is 13.3. The number of hydrogen-bond acceptors (Lipinski definition) is 6. The Morgan fingerprint density at radius 3 is 2.06 bits per heavy atom. The summed E-state index contributed by atoms with van der Waals surface area (Å²) in [5.41, 5.74) is 0.722. The Balaban J connectivity index is 1.41. The molecule has 0 bridgehead atoms. The molecule has 4 rings (SSSR count). The van der Waals surface area contributed by atoms with E-state index >= 15 is 0 Å². The molecule has 10 heteroatoms. The number of benzene rings is 2. The van der Waals surface area contributed by atoms with Gasteiger partial charge in [0, 0.05) is 12.6 Å². The molecular formula is C21H26N2O6S2. The van der Waals surface area contributed by atoms with Gasteiger partial charge in [0.05, 0.1) is 9.79 Å². The molecule has 0 saturated heterocycles. The van der Waals surface area contributed by atoms with Gasteiger partial charge in [0.15, 0.2) is 11.5 Å². The molecule has 1 fully saturated rings. The number of rotatable bonds is 7. The first kappa shape index (κ1) is 22.1. The van der Waals surface area contributed by atoms with Crippen molar-refractivity contribution in [3.05, 3.63) is 48.0 Å². The lowest BCUT2D eigenvalue weighted by Crippen LogP contribution is -2.34. The van der Waals surface area contributed by atoms with Gasteiger partial charge in [-0.25, -0.2) is 26.3 Å². The summed E-state index contributed by atoms with van der Waals surface area (Å²) in [7, 11) is -7.49. The minimum atomic E-state index is -3.80. The molecule has 2 aromatic carbocycles. The zero-order valence-corrected chi connectivity index (χ0v) is 18.7. The molecule has 0 unspecified atom stereocenters. The second-order valence-electron chi connectivity index (χ2n) is 7.79. The van der Waals surface area contributed by atoms with Gasteiger partial charge >= 0.3 is 0 Å². The van der Waals surface area contributed by atoms with Crippen molar-refractivity contribution in [2.75, 3.05) is 6.79 Å². The average molecular weight is 467 g/mol. The van der Waals surface area contributed by atoms with Crippen molar-refractivity contribution < 1.29 is 26.3 Å². The molecule has 1 aliphatic carbocycles. The minimum absolute atomic E-state index is 0.00154. The van der Waals surface area contributed by atoms with Crippen molar-refractivity contribution >= 4 is 20.0 Å². The molecule has 0 atom stereocenters. The van der Waals surface area contributed by atoms with E-state index in [2.05, 4.69) is 9.44 Å². The van der Waals surface area contributed by atoms with Crippen molar-refractivity contribution in [1.82, 2.24) is 9.44 Å². The van der Waals surface area contributed by atoms with Gasteiger partial charge in [-0.05, 0) is 54.8 Å². The molecule has 0 spiro atoms. The molecule has 0 aromatic heterocycles. The minimum Gasteiger partial charge on any atom is -0.454 e. The molecule has 2 aromatic rings. The van der Waals surface area contributed by atoms with Gasteiger partial charge in [-0.2, -0.15) is 0 Å². The van der Waals surface area contributed by atoms with Crippen LogP contribution in [0.15, 0.2) is 52.3 Å². The predicted octanol–water partition coefficient (Wildman–Crippen LogP) is 2.89. The first-order valence-electron chi connectivity index (χ1n) is 10.3. The van der Waals surface area contributed by atoms with Gasteiger partial charge < -0.3 is 9.47 Å². The maximum atomic E-state index is 12.7. The molecule has 2 aliphatic rings. The Bertz CT molecular complexity index is 1120. The van der Waals surface area contributed by atoms with Gasteiger partial charge in [-0.15, -0.1) is 0 Å². The van der Waals surface area contributed by atoms with Crippen LogP contribution < -0.4 is 18.9 Å². The third-order valence-corrected chi connectivity index (χ3v) is 8.48. The van der Waals surface area contributed by atoms with E-state index in [1.807, 2.05) is 0 Å². The van der Waals surface area contributed by atoms with Crippen LogP contribution in [0, 0.1) is 0 Å². The van der Waals surface area contributed by atoms with Gasteiger partial charge in [-0.3, -0.25) is 0 Å². The van der Waals surface area contributed by atoms with Crippen molar-refractivity contribution in [1.29, 1.82) is 0 Å². The summed E-state index contributed by atoms with van der Waals surface area (Å²) in [5.74, 6) is 1.20. The number of sulfonamides is 2. The van der Waals surface area contributed by atoms with Crippen LogP contribution in [0.5, 0.6) is 11.5 Å². The molecule has 1 heterocycles. The van der Waals surface area contributed by atoms with Crippen LogP contribution in [0.25, 0.3) is 0 Å².